The molecule has 1 atom stereocenters. The van der Waals surface area contributed by atoms with Crippen molar-refractivity contribution in [1.29, 1.82) is 0 Å². The molecule has 0 saturated carbocycles. The topological polar surface area (TPSA) is 115 Å². The van der Waals surface area contributed by atoms with E-state index in [2.05, 4.69) is 25.6 Å². The molecule has 180 valence electrons. The summed E-state index contributed by atoms with van der Waals surface area (Å²) in [6, 6.07) is 15.9. The first kappa shape index (κ1) is 24.4. The zero-order valence-corrected chi connectivity index (χ0v) is 20.3. The van der Waals surface area contributed by atoms with E-state index in [9.17, 15) is 4.79 Å². The van der Waals surface area contributed by atoms with Gasteiger partial charge in [0.2, 0.25) is 5.91 Å². The number of halogens is 1. The highest BCUT2D eigenvalue weighted by Crippen LogP contribution is 2.31. The van der Waals surface area contributed by atoms with Crippen molar-refractivity contribution in [2.75, 3.05) is 10.6 Å². The van der Waals surface area contributed by atoms with Crippen LogP contribution >= 0.6 is 11.6 Å². The Bertz CT molecular complexity index is 1320. The molecule has 0 fully saturated rings. The standard InChI is InChI=1S/C26H27ClN6O2/c1-16(2)11-22(28)26(34)33-17-6-8-23-20(12-17)25(31-15-30-23)32-18-7-9-24(21(27)13-18)35-14-19-5-3-4-10-29-19/h3-10,12-13,15-16,22H,11,14,28H2,1-2H3,(H,33,34)(H,30,31,32)/t22-/m0/s1. The van der Waals surface area contributed by atoms with Gasteiger partial charge in [0, 0.05) is 23.0 Å². The number of fused-ring (bicyclic) bond motifs is 1. The Morgan fingerprint density at radius 2 is 1.89 bits per heavy atom. The van der Waals surface area contributed by atoms with Crippen molar-refractivity contribution in [3.8, 4) is 5.75 Å². The Hall–Kier alpha value is -3.75. The molecular weight excluding hydrogens is 464 g/mol. The lowest BCUT2D eigenvalue weighted by Crippen LogP contribution is -2.36. The Labute approximate surface area is 208 Å². The number of hydrogen-bond acceptors (Lipinski definition) is 7. The molecule has 0 bridgehead atoms. The molecule has 0 radical (unpaired) electrons. The lowest BCUT2D eigenvalue weighted by Gasteiger charge is -2.15. The van der Waals surface area contributed by atoms with E-state index in [0.29, 0.717) is 41.2 Å². The summed E-state index contributed by atoms with van der Waals surface area (Å²) in [7, 11) is 0. The monoisotopic (exact) mass is 490 g/mol. The van der Waals surface area contributed by atoms with Crippen molar-refractivity contribution in [3.63, 3.8) is 0 Å². The van der Waals surface area contributed by atoms with Gasteiger partial charge in [-0.15, -0.1) is 0 Å². The number of aromatic nitrogens is 3. The first-order valence-electron chi connectivity index (χ1n) is 11.3. The van der Waals surface area contributed by atoms with Crippen molar-refractivity contribution in [2.45, 2.75) is 32.9 Å². The average Bonchev–Trinajstić information content (AvgIpc) is 2.84. The van der Waals surface area contributed by atoms with Gasteiger partial charge in [0.05, 0.1) is 22.3 Å². The van der Waals surface area contributed by atoms with E-state index in [1.54, 1.807) is 24.4 Å². The van der Waals surface area contributed by atoms with E-state index < -0.39 is 6.04 Å². The van der Waals surface area contributed by atoms with Crippen molar-refractivity contribution in [2.24, 2.45) is 11.7 Å². The van der Waals surface area contributed by atoms with Crippen LogP contribution in [-0.2, 0) is 11.4 Å². The number of carbonyl (C=O) groups excluding carboxylic acids is 1. The van der Waals surface area contributed by atoms with Gasteiger partial charge in [0.25, 0.3) is 0 Å². The molecule has 2 aromatic carbocycles. The highest BCUT2D eigenvalue weighted by Gasteiger charge is 2.16. The van der Waals surface area contributed by atoms with Crippen LogP contribution < -0.4 is 21.1 Å². The fraction of sp³-hybridized carbons (Fsp3) is 0.231. The van der Waals surface area contributed by atoms with Gasteiger partial charge in [0.15, 0.2) is 0 Å². The number of carbonyl (C=O) groups is 1. The van der Waals surface area contributed by atoms with Crippen molar-refractivity contribution in [1.82, 2.24) is 15.0 Å². The molecule has 2 heterocycles. The van der Waals surface area contributed by atoms with Crippen molar-refractivity contribution >= 4 is 45.6 Å². The Morgan fingerprint density at radius 1 is 1.06 bits per heavy atom. The first-order valence-corrected chi connectivity index (χ1v) is 11.7. The summed E-state index contributed by atoms with van der Waals surface area (Å²) in [5.41, 5.74) is 8.91. The van der Waals surface area contributed by atoms with E-state index in [4.69, 9.17) is 22.1 Å². The predicted octanol–water partition coefficient (Wildman–Crippen LogP) is 5.31. The lowest BCUT2D eigenvalue weighted by molar-refractivity contribution is -0.117. The molecule has 0 aliphatic heterocycles. The van der Waals surface area contributed by atoms with Crippen LogP contribution in [0.5, 0.6) is 5.75 Å². The Kier molecular flexibility index (Phi) is 7.74. The number of nitrogens with one attached hydrogen (secondary N) is 2. The normalized spacial score (nSPS) is 11.9. The Morgan fingerprint density at radius 3 is 2.63 bits per heavy atom. The third-order valence-corrected chi connectivity index (χ3v) is 5.56. The maximum Gasteiger partial charge on any atom is 0.241 e. The number of ether oxygens (including phenoxy) is 1. The van der Waals surface area contributed by atoms with Gasteiger partial charge in [-0.1, -0.05) is 31.5 Å². The van der Waals surface area contributed by atoms with Crippen molar-refractivity contribution < 1.29 is 9.53 Å². The number of nitrogens with zero attached hydrogens (tertiary/aromatic N) is 3. The zero-order valence-electron chi connectivity index (χ0n) is 19.5. The van der Waals surface area contributed by atoms with E-state index in [1.165, 1.54) is 6.33 Å². The highest BCUT2D eigenvalue weighted by molar-refractivity contribution is 6.32. The minimum Gasteiger partial charge on any atom is -0.486 e. The van der Waals surface area contributed by atoms with Gasteiger partial charge in [-0.05, 0) is 60.9 Å². The molecular formula is C26H27ClN6O2. The molecule has 8 nitrogen and oxygen atoms in total. The van der Waals surface area contributed by atoms with Gasteiger partial charge in [-0.25, -0.2) is 9.97 Å². The molecule has 4 N–H and O–H groups in total. The molecule has 2 aromatic heterocycles. The second kappa shape index (κ2) is 11.1. The summed E-state index contributed by atoms with van der Waals surface area (Å²) in [6.45, 7) is 4.38. The van der Waals surface area contributed by atoms with Gasteiger partial charge in [-0.3, -0.25) is 9.78 Å². The van der Waals surface area contributed by atoms with Gasteiger partial charge in [0.1, 0.15) is 24.5 Å². The van der Waals surface area contributed by atoms with Crippen LogP contribution in [0.15, 0.2) is 67.1 Å². The van der Waals surface area contributed by atoms with Gasteiger partial charge < -0.3 is 21.1 Å². The first-order chi connectivity index (χ1) is 16.9. The molecule has 4 aromatic rings. The summed E-state index contributed by atoms with van der Waals surface area (Å²) >= 11 is 6.45. The SMILES string of the molecule is CC(C)C[C@H](N)C(=O)Nc1ccc2ncnc(Nc3ccc(OCc4ccccn4)c(Cl)c3)c2c1. The highest BCUT2D eigenvalue weighted by atomic mass is 35.5. The fourth-order valence-corrected chi connectivity index (χ4v) is 3.79. The summed E-state index contributed by atoms with van der Waals surface area (Å²) in [5.74, 6) is 1.24. The summed E-state index contributed by atoms with van der Waals surface area (Å²) in [6.07, 6.45) is 3.81. The summed E-state index contributed by atoms with van der Waals surface area (Å²) < 4.78 is 5.80. The molecule has 0 spiro atoms. The average molecular weight is 491 g/mol. The molecule has 0 saturated heterocycles. The van der Waals surface area contributed by atoms with Crippen LogP contribution in [0.1, 0.15) is 26.0 Å². The smallest absolute Gasteiger partial charge is 0.241 e. The van der Waals surface area contributed by atoms with Crippen LogP contribution in [-0.4, -0.2) is 26.9 Å². The number of rotatable bonds is 9. The quantitative estimate of drug-likeness (QED) is 0.291. The molecule has 1 amide bonds. The van der Waals surface area contributed by atoms with E-state index in [-0.39, 0.29) is 5.91 Å². The molecule has 0 aliphatic carbocycles. The summed E-state index contributed by atoms with van der Waals surface area (Å²) in [5, 5.41) is 7.36. The minimum absolute atomic E-state index is 0.225. The van der Waals surface area contributed by atoms with Crippen LogP contribution in [0.2, 0.25) is 5.02 Å². The third-order valence-electron chi connectivity index (χ3n) is 5.26. The van der Waals surface area contributed by atoms with E-state index in [1.807, 2.05) is 50.2 Å². The molecule has 35 heavy (non-hydrogen) atoms. The molecule has 9 heteroatoms. The molecule has 0 unspecified atom stereocenters. The number of anilines is 3. The Balaban J connectivity index is 1.50. The van der Waals surface area contributed by atoms with Crippen molar-refractivity contribution in [3.05, 3.63) is 77.8 Å². The number of hydrogen-bond donors (Lipinski definition) is 3. The predicted molar refractivity (Wildman–Crippen MR) is 139 cm³/mol. The zero-order chi connectivity index (χ0) is 24.8. The number of amides is 1. The lowest BCUT2D eigenvalue weighted by atomic mass is 10.0. The van der Waals surface area contributed by atoms with Gasteiger partial charge >= 0.3 is 0 Å². The molecule has 4 rings (SSSR count). The van der Waals surface area contributed by atoms with Crippen LogP contribution in [0.4, 0.5) is 17.2 Å². The van der Waals surface area contributed by atoms with E-state index in [0.717, 1.165) is 22.3 Å². The number of pyridine rings is 1. The number of benzene rings is 2. The number of nitrogens with two attached hydrogens (primary N) is 1. The summed E-state index contributed by atoms with van der Waals surface area (Å²) in [4.78, 5) is 25.4. The second-order valence-electron chi connectivity index (χ2n) is 8.56. The van der Waals surface area contributed by atoms with Crippen LogP contribution in [0, 0.1) is 5.92 Å². The fourth-order valence-electron chi connectivity index (χ4n) is 3.55. The minimum atomic E-state index is -0.573. The third kappa shape index (κ3) is 6.44. The van der Waals surface area contributed by atoms with E-state index >= 15 is 0 Å². The second-order valence-corrected chi connectivity index (χ2v) is 8.97. The maximum atomic E-state index is 12.5. The van der Waals surface area contributed by atoms with Crippen LogP contribution in [0.25, 0.3) is 10.9 Å². The largest absolute Gasteiger partial charge is 0.486 e. The maximum absolute atomic E-state index is 12.5. The van der Waals surface area contributed by atoms with Gasteiger partial charge in [-0.2, -0.15) is 0 Å². The molecule has 0 aliphatic rings. The van der Waals surface area contributed by atoms with Crippen LogP contribution in [0.3, 0.4) is 0 Å².